The predicted molar refractivity (Wildman–Crippen MR) is 96.4 cm³/mol. The summed E-state index contributed by atoms with van der Waals surface area (Å²) in [5.41, 5.74) is 1.74. The first-order valence-electron chi connectivity index (χ1n) is 8.49. The lowest BCUT2D eigenvalue weighted by molar-refractivity contribution is 0.0668. The Kier molecular flexibility index (Phi) is 4.61. The van der Waals surface area contributed by atoms with E-state index < -0.39 is 0 Å². The number of thiophene rings is 1. The third-order valence-corrected chi connectivity index (χ3v) is 5.22. The summed E-state index contributed by atoms with van der Waals surface area (Å²) in [6, 6.07) is 11.5. The van der Waals surface area contributed by atoms with Crippen molar-refractivity contribution in [2.24, 2.45) is 5.92 Å². The SMILES string of the molecule is O=C(c1ccccc1)N1CCCC(Cc2nc(-c3ccsc3)no2)C1. The van der Waals surface area contributed by atoms with Gasteiger partial charge in [0.15, 0.2) is 0 Å². The van der Waals surface area contributed by atoms with Crippen molar-refractivity contribution in [1.82, 2.24) is 15.0 Å². The Morgan fingerprint density at radius 2 is 2.16 bits per heavy atom. The number of amides is 1. The second kappa shape index (κ2) is 7.19. The van der Waals surface area contributed by atoms with Gasteiger partial charge in [-0.1, -0.05) is 23.4 Å². The monoisotopic (exact) mass is 353 g/mol. The molecule has 3 aromatic rings. The molecule has 5 nitrogen and oxygen atoms in total. The lowest BCUT2D eigenvalue weighted by Crippen LogP contribution is -2.40. The molecule has 1 aliphatic heterocycles. The number of carbonyl (C=O) groups excluding carboxylic acids is 1. The van der Waals surface area contributed by atoms with Crippen molar-refractivity contribution in [3.05, 3.63) is 58.6 Å². The van der Waals surface area contributed by atoms with Crippen LogP contribution in [0.3, 0.4) is 0 Å². The van der Waals surface area contributed by atoms with Gasteiger partial charge in [0.1, 0.15) is 0 Å². The molecule has 0 N–H and O–H groups in total. The molecule has 3 heterocycles. The quantitative estimate of drug-likeness (QED) is 0.714. The Morgan fingerprint density at radius 3 is 2.96 bits per heavy atom. The van der Waals surface area contributed by atoms with Crippen LogP contribution < -0.4 is 0 Å². The standard InChI is InChI=1S/C19H19N3O2S/c23-19(15-6-2-1-3-7-15)22-9-4-5-14(12-22)11-17-20-18(21-24-17)16-8-10-25-13-16/h1-3,6-8,10,13-14H,4-5,9,11-12H2. The van der Waals surface area contributed by atoms with Crippen molar-refractivity contribution in [2.45, 2.75) is 19.3 Å². The fourth-order valence-corrected chi connectivity index (χ4v) is 3.91. The maximum atomic E-state index is 12.6. The minimum atomic E-state index is 0.106. The molecule has 2 aromatic heterocycles. The van der Waals surface area contributed by atoms with Crippen LogP contribution in [0.4, 0.5) is 0 Å². The van der Waals surface area contributed by atoms with Gasteiger partial charge in [0.2, 0.25) is 11.7 Å². The maximum absolute atomic E-state index is 12.6. The number of hydrogen-bond donors (Lipinski definition) is 0. The first-order valence-corrected chi connectivity index (χ1v) is 9.43. The van der Waals surface area contributed by atoms with E-state index in [1.807, 2.05) is 52.1 Å². The van der Waals surface area contributed by atoms with E-state index in [2.05, 4.69) is 10.1 Å². The minimum absolute atomic E-state index is 0.106. The highest BCUT2D eigenvalue weighted by Gasteiger charge is 2.26. The van der Waals surface area contributed by atoms with Gasteiger partial charge < -0.3 is 9.42 Å². The van der Waals surface area contributed by atoms with Crippen molar-refractivity contribution >= 4 is 17.2 Å². The van der Waals surface area contributed by atoms with Crippen molar-refractivity contribution < 1.29 is 9.32 Å². The fourth-order valence-electron chi connectivity index (χ4n) is 3.27. The van der Waals surface area contributed by atoms with Gasteiger partial charge in [0.25, 0.3) is 5.91 Å². The lowest BCUT2D eigenvalue weighted by Gasteiger charge is -2.32. The van der Waals surface area contributed by atoms with Gasteiger partial charge in [0, 0.05) is 36.0 Å². The highest BCUT2D eigenvalue weighted by molar-refractivity contribution is 7.08. The topological polar surface area (TPSA) is 59.2 Å². The molecule has 25 heavy (non-hydrogen) atoms. The summed E-state index contributed by atoms with van der Waals surface area (Å²) in [5, 5.41) is 8.07. The second-order valence-electron chi connectivity index (χ2n) is 6.35. The Hall–Kier alpha value is -2.47. The molecule has 0 spiro atoms. The third kappa shape index (κ3) is 3.64. The Morgan fingerprint density at radius 1 is 1.28 bits per heavy atom. The van der Waals surface area contributed by atoms with Crippen molar-refractivity contribution in [3.63, 3.8) is 0 Å². The smallest absolute Gasteiger partial charge is 0.253 e. The maximum Gasteiger partial charge on any atom is 0.253 e. The molecule has 1 aromatic carbocycles. The largest absolute Gasteiger partial charge is 0.339 e. The summed E-state index contributed by atoms with van der Waals surface area (Å²) in [5.74, 6) is 1.76. The van der Waals surface area contributed by atoms with Gasteiger partial charge in [0.05, 0.1) is 0 Å². The van der Waals surface area contributed by atoms with Gasteiger partial charge in [-0.15, -0.1) is 0 Å². The zero-order valence-corrected chi connectivity index (χ0v) is 14.6. The molecule has 1 aliphatic rings. The van der Waals surface area contributed by atoms with Crippen LogP contribution in [0.1, 0.15) is 29.1 Å². The van der Waals surface area contributed by atoms with Crippen LogP contribution in [0.5, 0.6) is 0 Å². The highest BCUT2D eigenvalue weighted by Crippen LogP contribution is 2.24. The molecule has 0 saturated carbocycles. The molecule has 6 heteroatoms. The van der Waals surface area contributed by atoms with Gasteiger partial charge >= 0.3 is 0 Å². The van der Waals surface area contributed by atoms with E-state index >= 15 is 0 Å². The molecule has 1 amide bonds. The zero-order valence-electron chi connectivity index (χ0n) is 13.8. The average Bonchev–Trinajstić information content (AvgIpc) is 3.34. The molecule has 0 radical (unpaired) electrons. The molecule has 0 aliphatic carbocycles. The van der Waals surface area contributed by atoms with Crippen LogP contribution in [0.15, 0.2) is 51.7 Å². The van der Waals surface area contributed by atoms with E-state index in [9.17, 15) is 4.79 Å². The predicted octanol–water partition coefficient (Wildman–Crippen LogP) is 3.89. The molecule has 1 unspecified atom stereocenters. The molecule has 4 rings (SSSR count). The minimum Gasteiger partial charge on any atom is -0.339 e. The summed E-state index contributed by atoms with van der Waals surface area (Å²) in [6.45, 7) is 1.55. The van der Waals surface area contributed by atoms with Crippen LogP contribution in [-0.2, 0) is 6.42 Å². The number of piperidine rings is 1. The lowest BCUT2D eigenvalue weighted by atomic mass is 9.94. The molecular formula is C19H19N3O2S. The average molecular weight is 353 g/mol. The van der Waals surface area contributed by atoms with Crippen LogP contribution in [0.2, 0.25) is 0 Å². The van der Waals surface area contributed by atoms with Crippen LogP contribution in [0.25, 0.3) is 11.4 Å². The van der Waals surface area contributed by atoms with E-state index in [4.69, 9.17) is 4.52 Å². The van der Waals surface area contributed by atoms with E-state index in [1.54, 1.807) is 11.3 Å². The van der Waals surface area contributed by atoms with Crippen molar-refractivity contribution in [2.75, 3.05) is 13.1 Å². The summed E-state index contributed by atoms with van der Waals surface area (Å²) in [6.07, 6.45) is 2.80. The Bertz CT molecular complexity index is 829. The third-order valence-electron chi connectivity index (χ3n) is 4.54. The molecule has 128 valence electrons. The number of hydrogen-bond acceptors (Lipinski definition) is 5. The molecular weight excluding hydrogens is 334 g/mol. The molecule has 0 bridgehead atoms. The van der Waals surface area contributed by atoms with E-state index in [1.165, 1.54) is 0 Å². The van der Waals surface area contributed by atoms with Gasteiger partial charge in [-0.25, -0.2) is 0 Å². The van der Waals surface area contributed by atoms with Gasteiger partial charge in [-0.05, 0) is 42.3 Å². The van der Waals surface area contributed by atoms with Gasteiger partial charge in [-0.3, -0.25) is 4.79 Å². The number of rotatable bonds is 4. The molecule has 1 fully saturated rings. The van der Waals surface area contributed by atoms with E-state index in [0.29, 0.717) is 17.6 Å². The van der Waals surface area contributed by atoms with Crippen LogP contribution >= 0.6 is 11.3 Å². The summed E-state index contributed by atoms with van der Waals surface area (Å²) < 4.78 is 5.41. The summed E-state index contributed by atoms with van der Waals surface area (Å²) in [4.78, 5) is 19.1. The number of nitrogens with zero attached hydrogens (tertiary/aromatic N) is 3. The van der Waals surface area contributed by atoms with Crippen molar-refractivity contribution in [1.29, 1.82) is 0 Å². The summed E-state index contributed by atoms with van der Waals surface area (Å²) >= 11 is 1.61. The van der Waals surface area contributed by atoms with E-state index in [0.717, 1.165) is 43.5 Å². The molecule has 1 saturated heterocycles. The van der Waals surface area contributed by atoms with Crippen LogP contribution in [-0.4, -0.2) is 34.0 Å². The van der Waals surface area contributed by atoms with Crippen molar-refractivity contribution in [3.8, 4) is 11.4 Å². The number of likely N-dealkylation sites (tertiary alicyclic amines) is 1. The van der Waals surface area contributed by atoms with Gasteiger partial charge in [-0.2, -0.15) is 16.3 Å². The molecule has 1 atom stereocenters. The first-order chi connectivity index (χ1) is 12.3. The first kappa shape index (κ1) is 16.0. The Balaban J connectivity index is 1.41. The normalized spacial score (nSPS) is 17.6. The second-order valence-corrected chi connectivity index (χ2v) is 7.13. The van der Waals surface area contributed by atoms with Crippen LogP contribution in [0, 0.1) is 5.92 Å². The van der Waals surface area contributed by atoms with E-state index in [-0.39, 0.29) is 5.91 Å². The number of aromatic nitrogens is 2. The zero-order chi connectivity index (χ0) is 17.1. The number of carbonyl (C=O) groups is 1. The Labute approximate surface area is 150 Å². The fraction of sp³-hybridized carbons (Fsp3) is 0.316. The number of benzene rings is 1. The summed E-state index contributed by atoms with van der Waals surface area (Å²) in [7, 11) is 0. The highest BCUT2D eigenvalue weighted by atomic mass is 32.1.